The van der Waals surface area contributed by atoms with E-state index in [4.69, 9.17) is 5.11 Å². The summed E-state index contributed by atoms with van der Waals surface area (Å²) < 4.78 is 0. The predicted octanol–water partition coefficient (Wildman–Crippen LogP) is 2.60. The number of allylic oxidation sites excluding steroid dienone is 1. The highest BCUT2D eigenvalue weighted by Crippen LogP contribution is 2.50. The van der Waals surface area contributed by atoms with Crippen LogP contribution in [0, 0.1) is 11.3 Å². The van der Waals surface area contributed by atoms with Crippen molar-refractivity contribution in [1.29, 1.82) is 0 Å². The summed E-state index contributed by atoms with van der Waals surface area (Å²) in [7, 11) is 0. The molecule has 1 saturated carbocycles. The molecule has 0 amide bonds. The standard InChI is InChI=1S/C11H16O2/c12-10(13)9-5-1-2-6-11(9)7-3-4-8-11/h1,5,9H,2-4,6-8H2,(H,12,13). The van der Waals surface area contributed by atoms with Crippen LogP contribution < -0.4 is 0 Å². The number of carbonyl (C=O) groups is 1. The first-order valence-corrected chi connectivity index (χ1v) is 5.14. The van der Waals surface area contributed by atoms with Crippen LogP contribution in [0.1, 0.15) is 38.5 Å². The Labute approximate surface area is 78.6 Å². The minimum atomic E-state index is -0.627. The van der Waals surface area contributed by atoms with Gasteiger partial charge in [0, 0.05) is 0 Å². The molecule has 13 heavy (non-hydrogen) atoms. The molecule has 1 atom stereocenters. The Balaban J connectivity index is 2.24. The molecule has 0 radical (unpaired) electrons. The van der Waals surface area contributed by atoms with E-state index in [0.29, 0.717) is 0 Å². The Morgan fingerprint density at radius 3 is 2.62 bits per heavy atom. The normalized spacial score (nSPS) is 30.9. The number of hydrogen-bond donors (Lipinski definition) is 1. The Morgan fingerprint density at radius 1 is 1.31 bits per heavy atom. The van der Waals surface area contributed by atoms with Crippen molar-refractivity contribution in [1.82, 2.24) is 0 Å². The van der Waals surface area contributed by atoms with E-state index < -0.39 is 5.97 Å². The van der Waals surface area contributed by atoms with E-state index in [-0.39, 0.29) is 11.3 Å². The lowest BCUT2D eigenvalue weighted by Gasteiger charge is -2.35. The third-order valence-electron chi connectivity index (χ3n) is 3.66. The number of hydrogen-bond acceptors (Lipinski definition) is 1. The Bertz CT molecular complexity index is 236. The second kappa shape index (κ2) is 3.17. The number of aliphatic carboxylic acids is 1. The third kappa shape index (κ3) is 1.38. The minimum absolute atomic E-state index is 0.126. The number of carboxylic acids is 1. The first-order chi connectivity index (χ1) is 6.25. The number of carboxylic acid groups (broad SMARTS) is 1. The van der Waals surface area contributed by atoms with Crippen molar-refractivity contribution in [3.05, 3.63) is 12.2 Å². The molecule has 2 aliphatic rings. The average Bonchev–Trinajstić information content (AvgIpc) is 2.54. The zero-order chi connectivity index (χ0) is 9.31. The van der Waals surface area contributed by atoms with Crippen LogP contribution in [0.25, 0.3) is 0 Å². The molecule has 1 unspecified atom stereocenters. The first kappa shape index (κ1) is 8.79. The van der Waals surface area contributed by atoms with Crippen LogP contribution in [-0.2, 0) is 4.79 Å². The molecule has 0 saturated heterocycles. The van der Waals surface area contributed by atoms with Crippen LogP contribution in [0.15, 0.2) is 12.2 Å². The molecule has 1 fully saturated rings. The lowest BCUT2D eigenvalue weighted by molar-refractivity contribution is -0.144. The monoisotopic (exact) mass is 180 g/mol. The molecule has 0 bridgehead atoms. The zero-order valence-electron chi connectivity index (χ0n) is 7.83. The molecule has 72 valence electrons. The molecule has 2 nitrogen and oxygen atoms in total. The lowest BCUT2D eigenvalue weighted by Crippen LogP contribution is -2.34. The van der Waals surface area contributed by atoms with Crippen LogP contribution in [0.4, 0.5) is 0 Å². The highest BCUT2D eigenvalue weighted by atomic mass is 16.4. The van der Waals surface area contributed by atoms with Gasteiger partial charge in [-0.2, -0.15) is 0 Å². The van der Waals surface area contributed by atoms with E-state index in [1.807, 2.05) is 12.2 Å². The van der Waals surface area contributed by atoms with Crippen LogP contribution in [-0.4, -0.2) is 11.1 Å². The second-order valence-corrected chi connectivity index (χ2v) is 4.35. The van der Waals surface area contributed by atoms with Crippen LogP contribution >= 0.6 is 0 Å². The molecular weight excluding hydrogens is 164 g/mol. The van der Waals surface area contributed by atoms with E-state index in [0.717, 1.165) is 25.7 Å². The van der Waals surface area contributed by atoms with E-state index in [2.05, 4.69) is 0 Å². The van der Waals surface area contributed by atoms with Crippen LogP contribution in [0.5, 0.6) is 0 Å². The van der Waals surface area contributed by atoms with Crippen LogP contribution in [0.2, 0.25) is 0 Å². The van der Waals surface area contributed by atoms with Crippen molar-refractivity contribution < 1.29 is 9.90 Å². The summed E-state index contributed by atoms with van der Waals surface area (Å²) >= 11 is 0. The van der Waals surface area contributed by atoms with Crippen molar-refractivity contribution in [3.8, 4) is 0 Å². The van der Waals surface area contributed by atoms with E-state index >= 15 is 0 Å². The Morgan fingerprint density at radius 2 is 2.00 bits per heavy atom. The van der Waals surface area contributed by atoms with Crippen LogP contribution in [0.3, 0.4) is 0 Å². The van der Waals surface area contributed by atoms with Gasteiger partial charge in [0.1, 0.15) is 0 Å². The van der Waals surface area contributed by atoms with Gasteiger partial charge in [-0.25, -0.2) is 0 Å². The molecule has 2 rings (SSSR count). The van der Waals surface area contributed by atoms with Crippen molar-refractivity contribution in [2.75, 3.05) is 0 Å². The van der Waals surface area contributed by atoms with Gasteiger partial charge in [-0.05, 0) is 31.1 Å². The summed E-state index contributed by atoms with van der Waals surface area (Å²) in [6.45, 7) is 0. The molecule has 0 aliphatic heterocycles. The summed E-state index contributed by atoms with van der Waals surface area (Å²) in [6, 6.07) is 0. The molecule has 0 heterocycles. The maximum absolute atomic E-state index is 11.1. The van der Waals surface area contributed by atoms with Gasteiger partial charge in [-0.3, -0.25) is 4.79 Å². The van der Waals surface area contributed by atoms with Crippen molar-refractivity contribution >= 4 is 5.97 Å². The molecular formula is C11H16O2. The Hall–Kier alpha value is -0.790. The second-order valence-electron chi connectivity index (χ2n) is 4.35. The SMILES string of the molecule is O=C(O)C1C=CCCC12CCCC2. The van der Waals surface area contributed by atoms with Crippen molar-refractivity contribution in [2.45, 2.75) is 38.5 Å². The van der Waals surface area contributed by atoms with Gasteiger partial charge in [0.2, 0.25) is 0 Å². The first-order valence-electron chi connectivity index (χ1n) is 5.14. The molecule has 0 aromatic rings. The molecule has 0 aromatic carbocycles. The number of rotatable bonds is 1. The van der Waals surface area contributed by atoms with Gasteiger partial charge in [0.15, 0.2) is 0 Å². The molecule has 2 heteroatoms. The maximum Gasteiger partial charge on any atom is 0.310 e. The molecule has 1 N–H and O–H groups in total. The predicted molar refractivity (Wildman–Crippen MR) is 50.4 cm³/mol. The lowest BCUT2D eigenvalue weighted by atomic mass is 9.68. The van der Waals surface area contributed by atoms with Gasteiger partial charge in [0.05, 0.1) is 5.92 Å². The van der Waals surface area contributed by atoms with E-state index in [9.17, 15) is 4.79 Å². The fraction of sp³-hybridized carbons (Fsp3) is 0.727. The molecule has 1 spiro atoms. The molecule has 0 aromatic heterocycles. The van der Waals surface area contributed by atoms with Gasteiger partial charge in [0.25, 0.3) is 0 Å². The maximum atomic E-state index is 11.1. The quantitative estimate of drug-likeness (QED) is 0.630. The van der Waals surface area contributed by atoms with Gasteiger partial charge in [-0.1, -0.05) is 25.0 Å². The Kier molecular flexibility index (Phi) is 2.14. The van der Waals surface area contributed by atoms with Crippen molar-refractivity contribution in [3.63, 3.8) is 0 Å². The fourth-order valence-corrected chi connectivity index (χ4v) is 2.95. The molecule has 2 aliphatic carbocycles. The minimum Gasteiger partial charge on any atom is -0.481 e. The fourth-order valence-electron chi connectivity index (χ4n) is 2.95. The average molecular weight is 180 g/mol. The summed E-state index contributed by atoms with van der Waals surface area (Å²) in [5, 5.41) is 9.11. The summed E-state index contributed by atoms with van der Waals surface area (Å²) in [5.41, 5.74) is 0.126. The third-order valence-corrected chi connectivity index (χ3v) is 3.66. The highest BCUT2D eigenvalue weighted by Gasteiger charge is 2.44. The van der Waals surface area contributed by atoms with Crippen molar-refractivity contribution in [2.24, 2.45) is 11.3 Å². The van der Waals surface area contributed by atoms with Gasteiger partial charge >= 0.3 is 5.97 Å². The summed E-state index contributed by atoms with van der Waals surface area (Å²) in [5.74, 6) is -0.832. The largest absolute Gasteiger partial charge is 0.481 e. The van der Waals surface area contributed by atoms with E-state index in [1.165, 1.54) is 12.8 Å². The van der Waals surface area contributed by atoms with E-state index in [1.54, 1.807) is 0 Å². The topological polar surface area (TPSA) is 37.3 Å². The van der Waals surface area contributed by atoms with Gasteiger partial charge < -0.3 is 5.11 Å². The van der Waals surface area contributed by atoms with Gasteiger partial charge in [-0.15, -0.1) is 0 Å². The smallest absolute Gasteiger partial charge is 0.310 e. The summed E-state index contributed by atoms with van der Waals surface area (Å²) in [6.07, 6.45) is 10.8. The summed E-state index contributed by atoms with van der Waals surface area (Å²) in [4.78, 5) is 11.1. The highest BCUT2D eigenvalue weighted by molar-refractivity contribution is 5.73. The zero-order valence-corrected chi connectivity index (χ0v) is 7.83.